The lowest BCUT2D eigenvalue weighted by Crippen LogP contribution is -2.68. The number of nitrogens with one attached hydrogen (secondary N) is 1. The summed E-state index contributed by atoms with van der Waals surface area (Å²) in [7, 11) is 0.446. The third-order valence-electron chi connectivity index (χ3n) is 8.58. The summed E-state index contributed by atoms with van der Waals surface area (Å²) in [5.74, 6) is 2.46. The van der Waals surface area contributed by atoms with Crippen molar-refractivity contribution in [3.63, 3.8) is 0 Å². The molecule has 5 aromatic rings. The summed E-state index contributed by atoms with van der Waals surface area (Å²) < 4.78 is 25.5. The van der Waals surface area contributed by atoms with Crippen molar-refractivity contribution in [2.75, 3.05) is 20.8 Å². The lowest BCUT2D eigenvalue weighted by Gasteiger charge is -2.43. The fourth-order valence-corrected chi connectivity index (χ4v) is 11.1. The van der Waals surface area contributed by atoms with E-state index in [1.165, 1.54) is 10.4 Å². The van der Waals surface area contributed by atoms with Crippen LogP contribution in [0.25, 0.3) is 0 Å². The Hall–Kier alpha value is -4.53. The Balaban J connectivity index is 1.28. The first-order valence-corrected chi connectivity index (χ1v) is 19.1. The van der Waals surface area contributed by atoms with E-state index in [0.29, 0.717) is 47.0 Å². The number of carbonyl (C=O) groups is 1. The van der Waals surface area contributed by atoms with Gasteiger partial charge in [0.25, 0.3) is 0 Å². The normalized spacial score (nSPS) is 11.5. The van der Waals surface area contributed by atoms with Gasteiger partial charge >= 0.3 is 8.32 Å². The lowest BCUT2D eigenvalue weighted by atomic mass is 10.1. The van der Waals surface area contributed by atoms with Crippen LogP contribution in [0.1, 0.15) is 37.5 Å². The minimum atomic E-state index is -2.83. The maximum atomic E-state index is 13.1. The van der Waals surface area contributed by atoms with Crippen molar-refractivity contribution >= 4 is 40.5 Å². The Morgan fingerprint density at radius 1 is 0.714 bits per heavy atom. The smallest absolute Gasteiger partial charge is 0.320 e. The number of methoxy groups -OCH3 is 2. The van der Waals surface area contributed by atoms with E-state index in [2.05, 4.69) is 96.6 Å². The first-order valence-electron chi connectivity index (χ1n) is 16.4. The molecule has 5 rings (SSSR count). The van der Waals surface area contributed by atoms with E-state index in [-0.39, 0.29) is 17.4 Å². The summed E-state index contributed by atoms with van der Waals surface area (Å²) in [5.41, 5.74) is 2.89. The van der Waals surface area contributed by atoms with Crippen LogP contribution in [0.15, 0.2) is 126 Å². The molecular formula is C41H44BrNO5Si. The standard InChI is InChI=1S/C41H44BrNO5Si/c1-41(2,3)49(33-17-11-7-12-18-33,34-19-13-8-14-20-34)48-35-23-21-30(27-37(35)46-5)25-26-43-38(44)28-32-22-24-36(45-4)40(39(32)42)47-29-31-15-9-6-10-16-31/h6-24,27H,25-26,28-29H2,1-5H3,(H,43,44). The van der Waals surface area contributed by atoms with Crippen molar-refractivity contribution in [2.45, 2.75) is 45.3 Å². The number of amides is 1. The molecule has 0 aliphatic carbocycles. The van der Waals surface area contributed by atoms with Gasteiger partial charge in [-0.1, -0.05) is 124 Å². The summed E-state index contributed by atoms with van der Waals surface area (Å²) in [4.78, 5) is 13.1. The van der Waals surface area contributed by atoms with Gasteiger partial charge in [-0.2, -0.15) is 0 Å². The van der Waals surface area contributed by atoms with Crippen molar-refractivity contribution in [3.8, 4) is 23.0 Å². The van der Waals surface area contributed by atoms with Crippen LogP contribution < -0.4 is 34.3 Å². The van der Waals surface area contributed by atoms with Crippen molar-refractivity contribution in [3.05, 3.63) is 142 Å². The van der Waals surface area contributed by atoms with Gasteiger partial charge in [0.2, 0.25) is 5.91 Å². The monoisotopic (exact) mass is 737 g/mol. The fourth-order valence-electron chi connectivity index (χ4n) is 6.09. The topological polar surface area (TPSA) is 66.0 Å². The molecule has 0 unspecified atom stereocenters. The third kappa shape index (κ3) is 8.38. The van der Waals surface area contributed by atoms with Crippen LogP contribution in [0, 0.1) is 0 Å². The van der Waals surface area contributed by atoms with Gasteiger partial charge in [0.05, 0.1) is 25.1 Å². The SMILES string of the molecule is COc1cc(CCNC(=O)Cc2ccc(OC)c(OCc3ccccc3)c2Br)ccc1O[Si](c1ccccc1)(c1ccccc1)C(C)(C)C. The number of halogens is 1. The molecule has 0 aliphatic heterocycles. The number of hydrogen-bond donors (Lipinski definition) is 1. The number of ether oxygens (including phenoxy) is 3. The molecule has 49 heavy (non-hydrogen) atoms. The molecule has 6 nitrogen and oxygen atoms in total. The maximum Gasteiger partial charge on any atom is 0.320 e. The second kappa shape index (κ2) is 16.2. The van der Waals surface area contributed by atoms with Crippen LogP contribution >= 0.6 is 15.9 Å². The molecule has 0 heterocycles. The van der Waals surface area contributed by atoms with E-state index in [1.54, 1.807) is 14.2 Å². The number of benzene rings is 5. The number of carbonyl (C=O) groups excluding carboxylic acids is 1. The van der Waals surface area contributed by atoms with Crippen LogP contribution in [0.3, 0.4) is 0 Å². The first kappa shape index (κ1) is 35.8. The van der Waals surface area contributed by atoms with E-state index >= 15 is 0 Å². The predicted octanol–water partition coefficient (Wildman–Crippen LogP) is 7.89. The van der Waals surface area contributed by atoms with Crippen molar-refractivity contribution in [1.29, 1.82) is 0 Å². The highest BCUT2D eigenvalue weighted by atomic mass is 79.9. The molecule has 0 fully saturated rings. The van der Waals surface area contributed by atoms with Gasteiger partial charge in [-0.05, 0) is 72.7 Å². The zero-order valence-corrected chi connectivity index (χ0v) is 31.4. The molecule has 0 saturated heterocycles. The van der Waals surface area contributed by atoms with Crippen molar-refractivity contribution < 1.29 is 23.4 Å². The molecule has 0 bridgehead atoms. The zero-order chi connectivity index (χ0) is 34.9. The van der Waals surface area contributed by atoms with E-state index in [4.69, 9.17) is 18.6 Å². The molecule has 0 spiro atoms. The number of rotatable bonds is 14. The van der Waals surface area contributed by atoms with Gasteiger partial charge in [-0.25, -0.2) is 0 Å². The Morgan fingerprint density at radius 3 is 1.86 bits per heavy atom. The van der Waals surface area contributed by atoms with E-state index < -0.39 is 8.32 Å². The highest BCUT2D eigenvalue weighted by Crippen LogP contribution is 2.41. The minimum Gasteiger partial charge on any atom is -0.531 e. The van der Waals surface area contributed by atoms with Crippen LogP contribution in [-0.2, 0) is 24.2 Å². The summed E-state index contributed by atoms with van der Waals surface area (Å²) >= 11 is 3.66. The lowest BCUT2D eigenvalue weighted by molar-refractivity contribution is -0.120. The fraction of sp³-hybridized carbons (Fsp3) is 0.244. The number of hydrogen-bond acceptors (Lipinski definition) is 5. The maximum absolute atomic E-state index is 13.1. The van der Waals surface area contributed by atoms with Crippen molar-refractivity contribution in [1.82, 2.24) is 5.32 Å². The van der Waals surface area contributed by atoms with Gasteiger partial charge in [-0.15, -0.1) is 0 Å². The van der Waals surface area contributed by atoms with E-state index in [1.807, 2.05) is 66.7 Å². The van der Waals surface area contributed by atoms with E-state index in [9.17, 15) is 4.79 Å². The van der Waals surface area contributed by atoms with Gasteiger partial charge < -0.3 is 24.0 Å². The van der Waals surface area contributed by atoms with Gasteiger partial charge in [0.1, 0.15) is 12.4 Å². The Bertz CT molecular complexity index is 1790. The highest BCUT2D eigenvalue weighted by molar-refractivity contribution is 9.10. The highest BCUT2D eigenvalue weighted by Gasteiger charge is 2.52. The summed E-state index contributed by atoms with van der Waals surface area (Å²) in [6.07, 6.45) is 0.831. The van der Waals surface area contributed by atoms with Crippen LogP contribution in [0.4, 0.5) is 0 Å². The van der Waals surface area contributed by atoms with Crippen LogP contribution in [-0.4, -0.2) is 35.0 Å². The Kier molecular flexibility index (Phi) is 11.9. The molecule has 0 radical (unpaired) electrons. The molecule has 254 valence electrons. The molecule has 1 N–H and O–H groups in total. The van der Waals surface area contributed by atoms with E-state index in [0.717, 1.165) is 16.7 Å². The van der Waals surface area contributed by atoms with Gasteiger partial charge in [-0.3, -0.25) is 4.79 Å². The molecule has 0 aromatic heterocycles. The average molecular weight is 739 g/mol. The van der Waals surface area contributed by atoms with Crippen molar-refractivity contribution in [2.24, 2.45) is 0 Å². The summed E-state index contributed by atoms with van der Waals surface area (Å²) in [5, 5.41) is 5.28. The quantitative estimate of drug-likeness (QED) is 0.118. The Labute approximate surface area is 299 Å². The average Bonchev–Trinajstić information content (AvgIpc) is 3.11. The second-order valence-corrected chi connectivity index (χ2v) is 17.9. The molecular weight excluding hydrogens is 694 g/mol. The largest absolute Gasteiger partial charge is 0.531 e. The Morgan fingerprint density at radius 2 is 1.29 bits per heavy atom. The third-order valence-corrected chi connectivity index (χ3v) is 14.4. The zero-order valence-electron chi connectivity index (χ0n) is 28.8. The molecule has 0 atom stereocenters. The van der Waals surface area contributed by atoms with Crippen LogP contribution in [0.5, 0.6) is 23.0 Å². The molecule has 5 aromatic carbocycles. The summed E-state index contributed by atoms with van der Waals surface area (Å²) in [6.45, 7) is 7.63. The molecule has 1 amide bonds. The molecule has 0 saturated carbocycles. The second-order valence-electron chi connectivity index (χ2n) is 12.9. The van der Waals surface area contributed by atoms with Gasteiger partial charge in [0.15, 0.2) is 17.2 Å². The molecule has 0 aliphatic rings. The summed E-state index contributed by atoms with van der Waals surface area (Å²) in [6, 6.07) is 40.8. The first-order chi connectivity index (χ1) is 23.7. The van der Waals surface area contributed by atoms with Gasteiger partial charge in [0, 0.05) is 6.54 Å². The van der Waals surface area contributed by atoms with Crippen LogP contribution in [0.2, 0.25) is 5.04 Å². The predicted molar refractivity (Wildman–Crippen MR) is 203 cm³/mol. The minimum absolute atomic E-state index is 0.0847. The molecule has 8 heteroatoms.